The Bertz CT molecular complexity index is 1180. The van der Waals surface area contributed by atoms with Crippen molar-refractivity contribution in [1.29, 1.82) is 0 Å². The van der Waals surface area contributed by atoms with Crippen LogP contribution in [0, 0.1) is 6.92 Å². The van der Waals surface area contributed by atoms with Crippen LogP contribution >= 0.6 is 11.6 Å². The van der Waals surface area contributed by atoms with Crippen molar-refractivity contribution in [2.45, 2.75) is 13.1 Å². The largest absolute Gasteiger partial charge is 0.478 e. The summed E-state index contributed by atoms with van der Waals surface area (Å²) in [6.07, 6.45) is -4.65. The predicted octanol–water partition coefficient (Wildman–Crippen LogP) is 6.80. The minimum absolute atomic E-state index is 0.0739. The lowest BCUT2D eigenvalue weighted by Gasteiger charge is -2.14. The number of carboxylic acid groups (broad SMARTS) is 1. The molecule has 10 heteroatoms. The highest BCUT2D eigenvalue weighted by atomic mass is 35.5. The second-order valence-corrected chi connectivity index (χ2v) is 7.09. The van der Waals surface area contributed by atoms with E-state index in [9.17, 15) is 22.8 Å². The van der Waals surface area contributed by atoms with Crippen LogP contribution in [0.25, 0.3) is 0 Å². The molecule has 0 unspecified atom stereocenters. The molecule has 0 aromatic heterocycles. The highest BCUT2D eigenvalue weighted by molar-refractivity contribution is 6.31. The summed E-state index contributed by atoms with van der Waals surface area (Å²) in [4.78, 5) is 23.3. The van der Waals surface area contributed by atoms with E-state index in [1.165, 1.54) is 18.2 Å². The zero-order valence-electron chi connectivity index (χ0n) is 16.5. The van der Waals surface area contributed by atoms with Gasteiger partial charge in [0, 0.05) is 11.4 Å². The molecule has 0 saturated carbocycles. The average Bonchev–Trinajstić information content (AvgIpc) is 2.71. The maximum absolute atomic E-state index is 13.0. The van der Waals surface area contributed by atoms with Crippen molar-refractivity contribution in [3.05, 3.63) is 82.4 Å². The second-order valence-electron chi connectivity index (χ2n) is 6.68. The topological polar surface area (TPSA) is 87.7 Å². The first kappa shape index (κ1) is 23.0. The molecular weight excluding hydrogens is 449 g/mol. The number of benzene rings is 3. The van der Waals surface area contributed by atoms with Gasteiger partial charge >= 0.3 is 18.2 Å². The third-order valence-corrected chi connectivity index (χ3v) is 4.62. The number of rotatable bonds is 5. The van der Waals surface area contributed by atoms with Gasteiger partial charge in [-0.3, -0.25) is 0 Å². The quantitative estimate of drug-likeness (QED) is 0.387. The van der Waals surface area contributed by atoms with E-state index in [1.807, 2.05) is 0 Å². The number of amides is 2. The van der Waals surface area contributed by atoms with Crippen molar-refractivity contribution in [3.63, 3.8) is 0 Å². The molecule has 0 heterocycles. The molecule has 6 nitrogen and oxygen atoms in total. The van der Waals surface area contributed by atoms with Crippen LogP contribution in [0.4, 0.5) is 29.3 Å². The number of ether oxygens (including phenoxy) is 1. The third-order valence-electron chi connectivity index (χ3n) is 4.29. The lowest BCUT2D eigenvalue weighted by Crippen LogP contribution is -2.20. The third kappa shape index (κ3) is 5.70. The van der Waals surface area contributed by atoms with Gasteiger partial charge in [0.05, 0.1) is 16.1 Å². The van der Waals surface area contributed by atoms with Crippen molar-refractivity contribution in [3.8, 4) is 11.5 Å². The van der Waals surface area contributed by atoms with E-state index in [-0.39, 0.29) is 11.3 Å². The second kappa shape index (κ2) is 9.19. The van der Waals surface area contributed by atoms with E-state index < -0.39 is 28.8 Å². The molecule has 0 aliphatic rings. The number of aromatic carboxylic acids is 1. The monoisotopic (exact) mass is 464 g/mol. The highest BCUT2D eigenvalue weighted by Crippen LogP contribution is 2.36. The molecule has 166 valence electrons. The van der Waals surface area contributed by atoms with Gasteiger partial charge in [-0.15, -0.1) is 0 Å². The summed E-state index contributed by atoms with van der Waals surface area (Å²) in [7, 11) is 0. The molecule has 0 radical (unpaired) electrons. The lowest BCUT2D eigenvalue weighted by molar-refractivity contribution is -0.137. The number of urea groups is 1. The minimum atomic E-state index is -4.65. The van der Waals surface area contributed by atoms with Gasteiger partial charge in [0.2, 0.25) is 0 Å². The fraction of sp³-hybridized carbons (Fsp3) is 0.0909. The molecule has 32 heavy (non-hydrogen) atoms. The average molecular weight is 465 g/mol. The summed E-state index contributed by atoms with van der Waals surface area (Å²) in [5, 5.41) is 13.5. The molecule has 3 aromatic rings. The molecule has 3 rings (SSSR count). The van der Waals surface area contributed by atoms with Crippen LogP contribution in [-0.2, 0) is 6.18 Å². The molecule has 0 fully saturated rings. The summed E-state index contributed by atoms with van der Waals surface area (Å²) in [6, 6.07) is 13.0. The number of alkyl halides is 3. The Kier molecular flexibility index (Phi) is 6.59. The van der Waals surface area contributed by atoms with Crippen LogP contribution in [0.3, 0.4) is 0 Å². The normalized spacial score (nSPS) is 11.0. The molecule has 3 N–H and O–H groups in total. The molecule has 3 aromatic carbocycles. The number of anilines is 2. The Hall–Kier alpha value is -3.72. The maximum atomic E-state index is 13.0. The summed E-state index contributed by atoms with van der Waals surface area (Å²) in [5.41, 5.74) is -0.0416. The summed E-state index contributed by atoms with van der Waals surface area (Å²) in [5.74, 6) is -0.352. The fourth-order valence-corrected chi connectivity index (χ4v) is 3.00. The van der Waals surface area contributed by atoms with Crippen LogP contribution in [-0.4, -0.2) is 17.1 Å². The van der Waals surface area contributed by atoms with Crippen LogP contribution in [0.2, 0.25) is 5.02 Å². The first-order valence-electron chi connectivity index (χ1n) is 9.09. The van der Waals surface area contributed by atoms with Gasteiger partial charge < -0.3 is 20.5 Å². The molecule has 0 aliphatic heterocycles. The predicted molar refractivity (Wildman–Crippen MR) is 114 cm³/mol. The van der Waals surface area contributed by atoms with E-state index in [4.69, 9.17) is 21.4 Å². The zero-order chi connectivity index (χ0) is 23.5. The molecule has 0 spiro atoms. The van der Waals surface area contributed by atoms with Crippen LogP contribution in [0.1, 0.15) is 21.5 Å². The van der Waals surface area contributed by atoms with Crippen molar-refractivity contribution in [2.24, 2.45) is 0 Å². The number of halogens is 4. The summed E-state index contributed by atoms with van der Waals surface area (Å²) < 4.78 is 44.6. The first-order valence-corrected chi connectivity index (χ1v) is 9.47. The van der Waals surface area contributed by atoms with E-state index in [0.717, 1.165) is 12.1 Å². The van der Waals surface area contributed by atoms with Gasteiger partial charge in [0.1, 0.15) is 11.5 Å². The van der Waals surface area contributed by atoms with E-state index >= 15 is 0 Å². The number of carboxylic acids is 1. The summed E-state index contributed by atoms with van der Waals surface area (Å²) in [6.45, 7) is 1.69. The van der Waals surface area contributed by atoms with Gasteiger partial charge in [0.15, 0.2) is 0 Å². The Balaban J connectivity index is 1.69. The number of hydrogen-bond donors (Lipinski definition) is 3. The molecular formula is C22H16ClF3N2O4. The zero-order valence-corrected chi connectivity index (χ0v) is 17.2. The van der Waals surface area contributed by atoms with Crippen LogP contribution < -0.4 is 15.4 Å². The Morgan fingerprint density at radius 1 is 0.969 bits per heavy atom. The van der Waals surface area contributed by atoms with E-state index in [0.29, 0.717) is 22.7 Å². The van der Waals surface area contributed by atoms with Crippen LogP contribution in [0.15, 0.2) is 60.7 Å². The lowest BCUT2D eigenvalue weighted by atomic mass is 10.2. The number of carbonyl (C=O) groups excluding carboxylic acids is 1. The SMILES string of the molecule is Cc1cc(Oc2cccc(C(=O)O)c2)ccc1NC(=O)Nc1ccc(Cl)c(C(F)(F)F)c1. The van der Waals surface area contributed by atoms with Crippen LogP contribution in [0.5, 0.6) is 11.5 Å². The van der Waals surface area contributed by atoms with Crippen molar-refractivity contribution in [1.82, 2.24) is 0 Å². The van der Waals surface area contributed by atoms with E-state index in [2.05, 4.69) is 10.6 Å². The van der Waals surface area contributed by atoms with Crippen molar-refractivity contribution in [2.75, 3.05) is 10.6 Å². The Morgan fingerprint density at radius 3 is 2.34 bits per heavy atom. The maximum Gasteiger partial charge on any atom is 0.417 e. The summed E-state index contributed by atoms with van der Waals surface area (Å²) >= 11 is 5.58. The molecule has 0 saturated heterocycles. The Labute approximate surface area is 185 Å². The van der Waals surface area contributed by atoms with Gasteiger partial charge in [-0.1, -0.05) is 17.7 Å². The molecule has 0 bridgehead atoms. The minimum Gasteiger partial charge on any atom is -0.478 e. The van der Waals surface area contributed by atoms with Crippen molar-refractivity contribution >= 4 is 35.0 Å². The van der Waals surface area contributed by atoms with Gasteiger partial charge in [-0.25, -0.2) is 9.59 Å². The van der Waals surface area contributed by atoms with Gasteiger partial charge in [0.25, 0.3) is 0 Å². The standard InChI is InChI=1S/C22H16ClF3N2O4/c1-12-9-16(32-15-4-2-3-13(10-15)20(29)30)6-8-19(12)28-21(31)27-14-5-7-18(23)17(11-14)22(24,25)26/h2-11H,1H3,(H,29,30)(H2,27,28,31). The highest BCUT2D eigenvalue weighted by Gasteiger charge is 2.33. The number of nitrogens with one attached hydrogen (secondary N) is 2. The molecule has 0 aliphatic carbocycles. The smallest absolute Gasteiger partial charge is 0.417 e. The van der Waals surface area contributed by atoms with E-state index in [1.54, 1.807) is 37.3 Å². The molecule has 2 amide bonds. The van der Waals surface area contributed by atoms with Crippen molar-refractivity contribution < 1.29 is 32.6 Å². The van der Waals surface area contributed by atoms with Gasteiger partial charge in [-0.05, 0) is 67.1 Å². The molecule has 0 atom stereocenters. The van der Waals surface area contributed by atoms with Gasteiger partial charge in [-0.2, -0.15) is 13.2 Å². The fourth-order valence-electron chi connectivity index (χ4n) is 2.77. The number of hydrogen-bond acceptors (Lipinski definition) is 3. The number of carbonyl (C=O) groups is 2. The first-order chi connectivity index (χ1) is 15.0. The Morgan fingerprint density at radius 2 is 1.69 bits per heavy atom. The number of aryl methyl sites for hydroxylation is 1.